The van der Waals surface area contributed by atoms with Crippen molar-refractivity contribution in [3.05, 3.63) is 22.1 Å². The molecule has 0 aromatic carbocycles. The summed E-state index contributed by atoms with van der Waals surface area (Å²) in [6.45, 7) is 0. The molecule has 0 amide bonds. The molecule has 0 atom stereocenters. The van der Waals surface area contributed by atoms with Gasteiger partial charge in [0, 0.05) is 0 Å². The minimum absolute atomic E-state index is 2.72. The largest absolute Gasteiger partial charge is 0.402 e. The number of alkyl halides is 14. The summed E-state index contributed by atoms with van der Waals surface area (Å²) in [5.74, 6) is -26.4. The molecule has 0 fully saturated rings. The Balaban J connectivity index is 6.21. The van der Waals surface area contributed by atoms with Crippen LogP contribution in [0.3, 0.4) is 0 Å². The van der Waals surface area contributed by atoms with Crippen molar-refractivity contribution in [2.75, 3.05) is 0 Å². The van der Waals surface area contributed by atoms with Gasteiger partial charge in [0.2, 0.25) is 0 Å². The maximum absolute atomic E-state index is 13.2. The van der Waals surface area contributed by atoms with Gasteiger partial charge in [-0.05, 0) is 23.2 Å². The standard InChI is InChI=1S/C10Cl4F14O/c11-1(5(17,18)7(21,22)9(13,25)26)3(15)29-4(16)2(12)6(19,20)8(23,24)10(14,27)28. The minimum Gasteiger partial charge on any atom is -0.402 e. The van der Waals surface area contributed by atoms with Crippen LogP contribution >= 0.6 is 46.4 Å². The zero-order valence-electron chi connectivity index (χ0n) is 12.2. The van der Waals surface area contributed by atoms with Gasteiger partial charge in [-0.25, -0.2) is 0 Å². The molecule has 0 aliphatic carbocycles. The Hall–Kier alpha value is -0.540. The lowest BCUT2D eigenvalue weighted by atomic mass is 10.1. The first kappa shape index (κ1) is 28.5. The molecular weight excluding hydrogens is 544 g/mol. The van der Waals surface area contributed by atoms with Crippen molar-refractivity contribution in [2.45, 2.75) is 34.5 Å². The molecule has 0 aromatic heterocycles. The maximum atomic E-state index is 13.2. The van der Waals surface area contributed by atoms with E-state index in [4.69, 9.17) is 0 Å². The molecule has 19 heteroatoms. The van der Waals surface area contributed by atoms with Crippen molar-refractivity contribution in [1.82, 2.24) is 0 Å². The van der Waals surface area contributed by atoms with Crippen molar-refractivity contribution in [3.8, 4) is 0 Å². The number of hydrogen-bond acceptors (Lipinski definition) is 1. The second kappa shape index (κ2) is 8.19. The van der Waals surface area contributed by atoms with E-state index in [1.165, 1.54) is 0 Å². The van der Waals surface area contributed by atoms with Crippen LogP contribution < -0.4 is 0 Å². The normalized spacial score (nSPS) is 17.0. The molecule has 0 saturated heterocycles. The van der Waals surface area contributed by atoms with Crippen molar-refractivity contribution in [2.24, 2.45) is 0 Å². The summed E-state index contributed by atoms with van der Waals surface area (Å²) in [4.78, 5) is 0. The predicted molar refractivity (Wildman–Crippen MR) is 70.4 cm³/mol. The van der Waals surface area contributed by atoms with E-state index in [-0.39, 0.29) is 0 Å². The monoisotopic (exact) mass is 542 g/mol. The lowest BCUT2D eigenvalue weighted by Gasteiger charge is -2.29. The summed E-state index contributed by atoms with van der Waals surface area (Å²) >= 11 is 16.0. The van der Waals surface area contributed by atoms with E-state index in [9.17, 15) is 61.5 Å². The van der Waals surface area contributed by atoms with E-state index in [2.05, 4.69) is 51.1 Å². The first-order valence-electron chi connectivity index (χ1n) is 5.81. The average molecular weight is 544 g/mol. The molecule has 0 aliphatic heterocycles. The fourth-order valence-electron chi connectivity index (χ4n) is 1.05. The third-order valence-corrected chi connectivity index (χ3v) is 3.82. The number of hydrogen-bond donors (Lipinski definition) is 0. The van der Waals surface area contributed by atoms with Gasteiger partial charge >= 0.3 is 46.5 Å². The Bertz CT molecular complexity index is 631. The Morgan fingerprint density at radius 2 is 0.724 bits per heavy atom. The van der Waals surface area contributed by atoms with Crippen LogP contribution in [0, 0.1) is 0 Å². The van der Waals surface area contributed by atoms with E-state index in [1.54, 1.807) is 0 Å². The van der Waals surface area contributed by atoms with Crippen molar-refractivity contribution in [1.29, 1.82) is 0 Å². The van der Waals surface area contributed by atoms with Gasteiger partial charge in [0.1, 0.15) is 0 Å². The van der Waals surface area contributed by atoms with Crippen LogP contribution in [-0.4, -0.2) is 34.5 Å². The molecule has 29 heavy (non-hydrogen) atoms. The molecule has 0 saturated carbocycles. The van der Waals surface area contributed by atoms with E-state index < -0.39 is 56.5 Å². The predicted octanol–water partition coefficient (Wildman–Crippen LogP) is 7.96. The van der Waals surface area contributed by atoms with E-state index in [0.29, 0.717) is 0 Å². The SMILES string of the molecule is FC(OC(F)=C(Cl)C(F)(F)C(F)(F)C(F)(F)Cl)=C(Cl)C(F)(F)C(F)(F)C(F)(F)Cl. The number of ether oxygens (including phenoxy) is 1. The first-order chi connectivity index (χ1) is 12.4. The topological polar surface area (TPSA) is 9.23 Å². The van der Waals surface area contributed by atoms with Crippen molar-refractivity contribution >= 4 is 46.4 Å². The molecule has 1 nitrogen and oxygen atoms in total. The summed E-state index contributed by atoms with van der Waals surface area (Å²) < 4.78 is 183. The van der Waals surface area contributed by atoms with Crippen LogP contribution in [-0.2, 0) is 4.74 Å². The molecule has 0 radical (unpaired) electrons. The zero-order valence-corrected chi connectivity index (χ0v) is 15.2. The molecule has 0 rings (SSSR count). The van der Waals surface area contributed by atoms with Crippen LogP contribution in [0.1, 0.15) is 0 Å². The molecular formula is C10Cl4F14O. The fraction of sp³-hybridized carbons (Fsp3) is 0.600. The Labute approximate surface area is 169 Å². The van der Waals surface area contributed by atoms with Crippen LogP contribution in [0.4, 0.5) is 61.5 Å². The summed E-state index contributed by atoms with van der Waals surface area (Å²) in [5, 5.41) is -19.0. The molecule has 0 bridgehead atoms. The minimum atomic E-state index is -6.69. The zero-order chi connectivity index (χ0) is 24.0. The van der Waals surface area contributed by atoms with Crippen LogP contribution in [0.2, 0.25) is 0 Å². The van der Waals surface area contributed by atoms with E-state index in [0.717, 1.165) is 0 Å². The lowest BCUT2D eigenvalue weighted by Crippen LogP contribution is -2.52. The third-order valence-electron chi connectivity index (χ3n) is 2.58. The van der Waals surface area contributed by atoms with Crippen LogP contribution in [0.25, 0.3) is 0 Å². The number of allylic oxidation sites excluding steroid dienone is 2. The second-order valence-electron chi connectivity index (χ2n) is 4.57. The summed E-state index contributed by atoms with van der Waals surface area (Å²) in [5.41, 5.74) is 0. The van der Waals surface area contributed by atoms with Gasteiger partial charge in [-0.3, -0.25) is 0 Å². The highest BCUT2D eigenvalue weighted by atomic mass is 35.5. The Morgan fingerprint density at radius 3 is 0.897 bits per heavy atom. The van der Waals surface area contributed by atoms with Crippen LogP contribution in [0.15, 0.2) is 22.1 Å². The van der Waals surface area contributed by atoms with Crippen molar-refractivity contribution in [3.63, 3.8) is 0 Å². The summed E-state index contributed by atoms with van der Waals surface area (Å²) in [6, 6.07) is -7.16. The maximum Gasteiger partial charge on any atom is 0.392 e. The highest BCUT2D eigenvalue weighted by molar-refractivity contribution is 6.31. The molecule has 0 aliphatic rings. The highest BCUT2D eigenvalue weighted by Gasteiger charge is 2.74. The smallest absolute Gasteiger partial charge is 0.392 e. The van der Waals surface area contributed by atoms with Crippen molar-refractivity contribution < 1.29 is 66.2 Å². The Kier molecular flexibility index (Phi) is 8.03. The van der Waals surface area contributed by atoms with E-state index >= 15 is 0 Å². The van der Waals surface area contributed by atoms with E-state index in [1.807, 2.05) is 0 Å². The van der Waals surface area contributed by atoms with Gasteiger partial charge in [-0.2, -0.15) is 61.5 Å². The quantitative estimate of drug-likeness (QED) is 0.171. The molecule has 0 aromatic rings. The van der Waals surface area contributed by atoms with Gasteiger partial charge in [-0.15, -0.1) is 0 Å². The molecule has 0 heterocycles. The summed E-state index contributed by atoms with van der Waals surface area (Å²) in [6.07, 6.45) is 0. The van der Waals surface area contributed by atoms with Gasteiger partial charge in [0.25, 0.3) is 0 Å². The van der Waals surface area contributed by atoms with Gasteiger partial charge < -0.3 is 4.74 Å². The first-order valence-corrected chi connectivity index (χ1v) is 7.32. The Morgan fingerprint density at radius 1 is 0.517 bits per heavy atom. The third kappa shape index (κ3) is 5.03. The van der Waals surface area contributed by atoms with Gasteiger partial charge in [0.15, 0.2) is 10.1 Å². The second-order valence-corrected chi connectivity index (χ2v) is 6.28. The molecule has 0 unspecified atom stereocenters. The highest BCUT2D eigenvalue weighted by Crippen LogP contribution is 2.54. The average Bonchev–Trinajstić information content (AvgIpc) is 2.50. The fourth-order valence-corrected chi connectivity index (χ4v) is 1.60. The molecule has 0 N–H and O–H groups in total. The van der Waals surface area contributed by atoms with Gasteiger partial charge in [0.05, 0.1) is 0 Å². The number of rotatable bonds is 8. The van der Waals surface area contributed by atoms with Gasteiger partial charge in [-0.1, -0.05) is 23.2 Å². The number of halogens is 18. The molecule has 172 valence electrons. The van der Waals surface area contributed by atoms with Crippen LogP contribution in [0.5, 0.6) is 0 Å². The molecule has 0 spiro atoms. The summed E-state index contributed by atoms with van der Waals surface area (Å²) in [7, 11) is 0. The lowest BCUT2D eigenvalue weighted by molar-refractivity contribution is -0.263.